The number of aromatic nitrogens is 3. The zero-order chi connectivity index (χ0) is 10.2. The van der Waals surface area contributed by atoms with E-state index >= 15 is 0 Å². The normalized spacial score (nSPS) is 22.5. The van der Waals surface area contributed by atoms with Gasteiger partial charge in [0, 0.05) is 5.92 Å². The minimum absolute atomic E-state index is 0.338. The van der Waals surface area contributed by atoms with Crippen molar-refractivity contribution < 1.29 is 0 Å². The highest BCUT2D eigenvalue weighted by Crippen LogP contribution is 2.41. The Balaban J connectivity index is 2.02. The average molecular weight is 214 g/mol. The topological polar surface area (TPSA) is 41.6 Å². The fourth-order valence-electron chi connectivity index (χ4n) is 2.11. The maximum atomic E-state index is 5.68. The van der Waals surface area contributed by atoms with E-state index in [1.165, 1.54) is 25.7 Å². The summed E-state index contributed by atoms with van der Waals surface area (Å²) in [6.45, 7) is 4.66. The fourth-order valence-corrected chi connectivity index (χ4v) is 2.24. The molecule has 4 heteroatoms. The van der Waals surface area contributed by atoms with Gasteiger partial charge in [0.15, 0.2) is 0 Å². The fraction of sp³-hybridized carbons (Fsp3) is 0.800. The predicted molar refractivity (Wildman–Crippen MR) is 56.4 cm³/mol. The highest BCUT2D eigenvalue weighted by molar-refractivity contribution is 6.28. The zero-order valence-corrected chi connectivity index (χ0v) is 9.43. The van der Waals surface area contributed by atoms with Gasteiger partial charge < -0.3 is 0 Å². The van der Waals surface area contributed by atoms with Crippen molar-refractivity contribution in [3.05, 3.63) is 11.1 Å². The lowest BCUT2D eigenvalue weighted by atomic mass is 9.73. The molecule has 0 atom stereocenters. The summed E-state index contributed by atoms with van der Waals surface area (Å²) in [5.74, 6) is 1.49. The summed E-state index contributed by atoms with van der Waals surface area (Å²) in [7, 11) is 0. The van der Waals surface area contributed by atoms with E-state index in [1.54, 1.807) is 0 Å². The maximum Gasteiger partial charge on any atom is 0.242 e. The number of H-pyrrole nitrogens is 1. The van der Waals surface area contributed by atoms with Crippen LogP contribution in [0, 0.1) is 5.41 Å². The largest absolute Gasteiger partial charge is 0.262 e. The first kappa shape index (κ1) is 9.97. The van der Waals surface area contributed by atoms with E-state index in [2.05, 4.69) is 29.0 Å². The van der Waals surface area contributed by atoms with Gasteiger partial charge in [-0.05, 0) is 42.7 Å². The van der Waals surface area contributed by atoms with Crippen LogP contribution in [0.3, 0.4) is 0 Å². The molecule has 0 aromatic carbocycles. The van der Waals surface area contributed by atoms with Crippen LogP contribution in [0.2, 0.25) is 5.28 Å². The van der Waals surface area contributed by atoms with E-state index in [9.17, 15) is 0 Å². The van der Waals surface area contributed by atoms with E-state index in [1.807, 2.05) is 0 Å². The molecule has 2 rings (SSSR count). The first-order valence-corrected chi connectivity index (χ1v) is 5.52. The van der Waals surface area contributed by atoms with E-state index in [0.29, 0.717) is 16.6 Å². The summed E-state index contributed by atoms with van der Waals surface area (Å²) < 4.78 is 0. The van der Waals surface area contributed by atoms with Gasteiger partial charge in [-0.3, -0.25) is 5.10 Å². The Labute approximate surface area is 89.3 Å². The number of nitrogens with one attached hydrogen (secondary N) is 1. The molecule has 1 saturated carbocycles. The molecule has 14 heavy (non-hydrogen) atoms. The first-order valence-electron chi connectivity index (χ1n) is 5.15. The molecule has 1 heterocycles. The third-order valence-corrected chi connectivity index (χ3v) is 3.37. The number of hydrogen-bond acceptors (Lipinski definition) is 2. The van der Waals surface area contributed by atoms with Gasteiger partial charge in [-0.15, -0.1) is 5.10 Å². The second-order valence-corrected chi connectivity index (χ2v) is 5.27. The second kappa shape index (κ2) is 3.54. The molecular formula is C10H16ClN3. The van der Waals surface area contributed by atoms with Crippen molar-refractivity contribution in [3.8, 4) is 0 Å². The van der Waals surface area contributed by atoms with E-state index in [-0.39, 0.29) is 0 Å². The monoisotopic (exact) mass is 213 g/mol. The Morgan fingerprint density at radius 1 is 1.36 bits per heavy atom. The van der Waals surface area contributed by atoms with Crippen LogP contribution in [0.15, 0.2) is 0 Å². The number of rotatable bonds is 1. The van der Waals surface area contributed by atoms with E-state index in [4.69, 9.17) is 11.6 Å². The molecule has 1 aromatic heterocycles. The van der Waals surface area contributed by atoms with Crippen molar-refractivity contribution in [2.75, 3.05) is 0 Å². The third-order valence-electron chi connectivity index (χ3n) is 3.20. The third kappa shape index (κ3) is 2.08. The average Bonchev–Trinajstić information content (AvgIpc) is 2.52. The van der Waals surface area contributed by atoms with Crippen LogP contribution in [0.1, 0.15) is 51.3 Å². The van der Waals surface area contributed by atoms with Crippen LogP contribution < -0.4 is 0 Å². The highest BCUT2D eigenvalue weighted by atomic mass is 35.5. The van der Waals surface area contributed by atoms with Crippen molar-refractivity contribution in [1.29, 1.82) is 0 Å². The Morgan fingerprint density at radius 2 is 2.00 bits per heavy atom. The first-order chi connectivity index (χ1) is 6.57. The number of hydrogen-bond donors (Lipinski definition) is 1. The molecule has 1 N–H and O–H groups in total. The van der Waals surface area contributed by atoms with Crippen molar-refractivity contribution in [2.24, 2.45) is 5.41 Å². The Bertz CT molecular complexity index is 309. The van der Waals surface area contributed by atoms with E-state index < -0.39 is 0 Å². The lowest BCUT2D eigenvalue weighted by molar-refractivity contribution is 0.221. The molecular weight excluding hydrogens is 198 g/mol. The summed E-state index contributed by atoms with van der Waals surface area (Å²) in [5.41, 5.74) is 0.500. The molecule has 1 aromatic rings. The minimum Gasteiger partial charge on any atom is -0.262 e. The molecule has 1 fully saturated rings. The SMILES string of the molecule is CC1(C)CCC(c2nc(Cl)n[nH]2)CC1. The van der Waals surface area contributed by atoms with Gasteiger partial charge >= 0.3 is 0 Å². The zero-order valence-electron chi connectivity index (χ0n) is 8.68. The van der Waals surface area contributed by atoms with E-state index in [0.717, 1.165) is 5.82 Å². The Morgan fingerprint density at radius 3 is 2.50 bits per heavy atom. The number of nitrogens with zero attached hydrogens (tertiary/aromatic N) is 2. The Hall–Kier alpha value is -0.570. The van der Waals surface area contributed by atoms with Crippen LogP contribution in [-0.2, 0) is 0 Å². The minimum atomic E-state index is 0.338. The number of aromatic amines is 1. The summed E-state index contributed by atoms with van der Waals surface area (Å²) in [6.07, 6.45) is 4.91. The molecule has 0 amide bonds. The summed E-state index contributed by atoms with van der Waals surface area (Å²) in [4.78, 5) is 4.18. The lowest BCUT2D eigenvalue weighted by Gasteiger charge is -2.33. The molecule has 0 radical (unpaired) electrons. The molecule has 1 aliphatic carbocycles. The molecule has 0 bridgehead atoms. The van der Waals surface area contributed by atoms with Gasteiger partial charge in [0.2, 0.25) is 5.28 Å². The van der Waals surface area contributed by atoms with Crippen LogP contribution >= 0.6 is 11.6 Å². The van der Waals surface area contributed by atoms with Gasteiger partial charge in [-0.25, -0.2) is 4.98 Å². The molecule has 0 spiro atoms. The lowest BCUT2D eigenvalue weighted by Crippen LogP contribution is -2.20. The van der Waals surface area contributed by atoms with Gasteiger partial charge in [0.1, 0.15) is 5.82 Å². The van der Waals surface area contributed by atoms with Crippen LogP contribution in [0.4, 0.5) is 0 Å². The Kier molecular flexibility index (Phi) is 2.52. The molecule has 78 valence electrons. The molecule has 3 nitrogen and oxygen atoms in total. The highest BCUT2D eigenvalue weighted by Gasteiger charge is 2.29. The molecule has 0 aliphatic heterocycles. The summed E-state index contributed by atoms with van der Waals surface area (Å²) >= 11 is 5.68. The van der Waals surface area contributed by atoms with Crippen LogP contribution in [0.25, 0.3) is 0 Å². The summed E-state index contributed by atoms with van der Waals surface area (Å²) in [6, 6.07) is 0. The van der Waals surface area contributed by atoms with Gasteiger partial charge in [0.25, 0.3) is 0 Å². The molecule has 0 unspecified atom stereocenters. The number of halogens is 1. The van der Waals surface area contributed by atoms with Crippen LogP contribution in [-0.4, -0.2) is 15.2 Å². The smallest absolute Gasteiger partial charge is 0.242 e. The van der Waals surface area contributed by atoms with Gasteiger partial charge in [0.05, 0.1) is 0 Å². The van der Waals surface area contributed by atoms with Crippen molar-refractivity contribution in [2.45, 2.75) is 45.4 Å². The van der Waals surface area contributed by atoms with Gasteiger partial charge in [-0.2, -0.15) is 0 Å². The summed E-state index contributed by atoms with van der Waals surface area (Å²) in [5, 5.41) is 7.10. The quantitative estimate of drug-likeness (QED) is 0.779. The standard InChI is InChI=1S/C10H16ClN3/c1-10(2)5-3-7(4-6-10)8-12-9(11)14-13-8/h7H,3-6H2,1-2H3,(H,12,13,14). The molecule has 1 aliphatic rings. The second-order valence-electron chi connectivity index (χ2n) is 4.93. The molecule has 0 saturated heterocycles. The van der Waals surface area contributed by atoms with Crippen molar-refractivity contribution >= 4 is 11.6 Å². The maximum absolute atomic E-state index is 5.68. The van der Waals surface area contributed by atoms with Crippen molar-refractivity contribution in [1.82, 2.24) is 15.2 Å². The van der Waals surface area contributed by atoms with Crippen LogP contribution in [0.5, 0.6) is 0 Å². The predicted octanol–water partition coefficient (Wildman–Crippen LogP) is 3.14. The van der Waals surface area contributed by atoms with Gasteiger partial charge in [-0.1, -0.05) is 13.8 Å². The van der Waals surface area contributed by atoms with Crippen molar-refractivity contribution in [3.63, 3.8) is 0 Å².